The molecule has 7 heteroatoms. The highest BCUT2D eigenvalue weighted by Gasteiger charge is 2.67. The van der Waals surface area contributed by atoms with Gasteiger partial charge >= 0.3 is 17.0 Å². The number of aromatic nitrogens is 6. The molecule has 9 heterocycles. The highest BCUT2D eigenvalue weighted by molar-refractivity contribution is 6.18. The average molecular weight is 563 g/mol. The van der Waals surface area contributed by atoms with Crippen molar-refractivity contribution in [3.8, 4) is 11.5 Å². The molecular formula is C37H18N6O+2. The first-order valence-electron chi connectivity index (χ1n) is 14.9. The van der Waals surface area contributed by atoms with E-state index in [1.54, 1.807) is 0 Å². The molecule has 7 nitrogen and oxygen atoms in total. The van der Waals surface area contributed by atoms with Crippen LogP contribution in [0, 0.1) is 0 Å². The lowest BCUT2D eigenvalue weighted by Crippen LogP contribution is -2.71. The summed E-state index contributed by atoms with van der Waals surface area (Å²) in [6.45, 7) is 0. The summed E-state index contributed by atoms with van der Waals surface area (Å²) in [5.74, 6) is 1.79. The normalized spacial score (nSPS) is 15.2. The van der Waals surface area contributed by atoms with Crippen molar-refractivity contribution in [3.63, 3.8) is 0 Å². The van der Waals surface area contributed by atoms with Crippen LogP contribution in [0.1, 0.15) is 11.1 Å². The maximum Gasteiger partial charge on any atom is 0.316 e. The lowest BCUT2D eigenvalue weighted by molar-refractivity contribution is -0.923. The fourth-order valence-corrected chi connectivity index (χ4v) is 9.18. The van der Waals surface area contributed by atoms with E-state index in [-0.39, 0.29) is 0 Å². The van der Waals surface area contributed by atoms with Crippen LogP contribution in [-0.4, -0.2) is 18.8 Å². The zero-order chi connectivity index (χ0) is 28.1. The Morgan fingerprint density at radius 3 is 1.55 bits per heavy atom. The van der Waals surface area contributed by atoms with Gasteiger partial charge in [0.2, 0.25) is 11.3 Å². The largest absolute Gasteiger partial charge is 0.456 e. The molecule has 0 fully saturated rings. The van der Waals surface area contributed by atoms with Crippen LogP contribution in [0.25, 0.3) is 77.0 Å². The summed E-state index contributed by atoms with van der Waals surface area (Å²) in [5, 5.41) is 7.08. The second kappa shape index (κ2) is 6.31. The van der Waals surface area contributed by atoms with Gasteiger partial charge in [-0.2, -0.15) is 17.9 Å². The molecule has 13 rings (SSSR count). The van der Waals surface area contributed by atoms with Crippen LogP contribution in [-0.2, 0) is 5.66 Å². The average Bonchev–Trinajstić information content (AvgIpc) is 3.79. The van der Waals surface area contributed by atoms with Crippen LogP contribution < -0.4 is 13.9 Å². The summed E-state index contributed by atoms with van der Waals surface area (Å²) in [6.07, 6.45) is 3.80. The van der Waals surface area contributed by atoms with E-state index < -0.39 is 5.66 Å². The molecule has 1 spiro atoms. The predicted octanol–water partition coefficient (Wildman–Crippen LogP) is 6.51. The molecule has 0 radical (unpaired) electrons. The summed E-state index contributed by atoms with van der Waals surface area (Å²) < 4.78 is 16.8. The highest BCUT2D eigenvalue weighted by Crippen LogP contribution is 2.58. The Kier molecular flexibility index (Phi) is 2.97. The van der Waals surface area contributed by atoms with Crippen LogP contribution in [0.15, 0.2) is 109 Å². The third-order valence-corrected chi connectivity index (χ3v) is 10.5. The first kappa shape index (κ1) is 20.7. The monoisotopic (exact) mass is 562 g/mol. The molecule has 200 valence electrons. The summed E-state index contributed by atoms with van der Waals surface area (Å²) in [7, 11) is 0. The number of ether oxygens (including phenoxy) is 1. The van der Waals surface area contributed by atoms with E-state index in [1.807, 2.05) is 24.5 Å². The number of para-hydroxylation sites is 4. The van der Waals surface area contributed by atoms with Gasteiger partial charge < -0.3 is 4.74 Å². The molecule has 0 atom stereocenters. The number of benzene rings is 4. The minimum Gasteiger partial charge on any atom is -0.456 e. The van der Waals surface area contributed by atoms with Gasteiger partial charge in [-0.3, -0.25) is 0 Å². The van der Waals surface area contributed by atoms with E-state index in [9.17, 15) is 0 Å². The van der Waals surface area contributed by atoms with E-state index in [2.05, 4.69) is 103 Å². The number of fused-ring (bicyclic) bond motifs is 12. The molecule has 6 aromatic heterocycles. The van der Waals surface area contributed by atoms with Crippen LogP contribution in [0.2, 0.25) is 0 Å². The Hall–Kier alpha value is -6.08. The van der Waals surface area contributed by atoms with Gasteiger partial charge in [-0.1, -0.05) is 24.3 Å². The van der Waals surface area contributed by atoms with Crippen molar-refractivity contribution >= 4 is 77.0 Å². The summed E-state index contributed by atoms with van der Waals surface area (Å²) in [5.41, 5.74) is 10.5. The molecule has 0 aliphatic carbocycles. The van der Waals surface area contributed by atoms with E-state index in [4.69, 9.17) is 14.7 Å². The van der Waals surface area contributed by atoms with Crippen molar-refractivity contribution in [2.24, 2.45) is 0 Å². The van der Waals surface area contributed by atoms with Gasteiger partial charge in [-0.25, -0.2) is 9.97 Å². The predicted molar refractivity (Wildman–Crippen MR) is 167 cm³/mol. The maximum atomic E-state index is 6.92. The number of hydrogen-bond acceptors (Lipinski definition) is 3. The second-order valence-electron chi connectivity index (χ2n) is 12.2. The molecule has 10 aromatic rings. The van der Waals surface area contributed by atoms with Gasteiger partial charge in [0.1, 0.15) is 22.6 Å². The Bertz CT molecular complexity index is 2890. The van der Waals surface area contributed by atoms with Crippen LogP contribution >= 0.6 is 0 Å². The standard InChI is InChI=1S/C37H18N6O/c1-3-11-25-23(9-1)40-33-21(7-5-17-38-33)19-13-15-27-31-29(19)35(40)42(25)37(31)32-28(44-27)16-14-20-22-8-6-18-39-34(22)41-24-10-2-4-12-26(24)43(37)36(41)30(20)32/h1-18H/q+2. The Morgan fingerprint density at radius 1 is 0.523 bits per heavy atom. The molecular weight excluding hydrogens is 544 g/mol. The molecule has 0 amide bonds. The minimum atomic E-state index is -0.718. The molecule has 0 saturated heterocycles. The lowest BCUT2D eigenvalue weighted by Gasteiger charge is -2.31. The van der Waals surface area contributed by atoms with Crippen molar-refractivity contribution < 1.29 is 13.9 Å². The van der Waals surface area contributed by atoms with Gasteiger partial charge in [0, 0.05) is 23.2 Å². The molecule has 0 unspecified atom stereocenters. The van der Waals surface area contributed by atoms with Crippen molar-refractivity contribution in [1.29, 1.82) is 0 Å². The van der Waals surface area contributed by atoms with Crippen molar-refractivity contribution in [2.45, 2.75) is 5.66 Å². The number of pyridine rings is 4. The molecule has 3 aliphatic rings. The fourth-order valence-electron chi connectivity index (χ4n) is 9.18. The quantitative estimate of drug-likeness (QED) is 0.157. The first-order chi connectivity index (χ1) is 21.9. The van der Waals surface area contributed by atoms with E-state index >= 15 is 0 Å². The molecule has 0 bridgehead atoms. The molecule has 0 saturated carbocycles. The van der Waals surface area contributed by atoms with Crippen molar-refractivity contribution in [2.75, 3.05) is 0 Å². The zero-order valence-electron chi connectivity index (χ0n) is 23.0. The summed E-state index contributed by atoms with van der Waals surface area (Å²) >= 11 is 0. The number of rotatable bonds is 0. The van der Waals surface area contributed by atoms with E-state index in [1.165, 1.54) is 32.7 Å². The first-order valence-corrected chi connectivity index (χ1v) is 14.9. The molecule has 0 N–H and O–H groups in total. The highest BCUT2D eigenvalue weighted by atomic mass is 16.5. The van der Waals surface area contributed by atoms with E-state index in [0.29, 0.717) is 0 Å². The van der Waals surface area contributed by atoms with Crippen LogP contribution in [0.5, 0.6) is 11.5 Å². The number of nitrogens with zero attached hydrogens (tertiary/aromatic N) is 6. The number of hydrogen-bond donors (Lipinski definition) is 0. The van der Waals surface area contributed by atoms with Gasteiger partial charge in [-0.15, -0.1) is 0 Å². The van der Waals surface area contributed by atoms with Crippen LogP contribution in [0.3, 0.4) is 0 Å². The van der Waals surface area contributed by atoms with Crippen LogP contribution in [0.4, 0.5) is 0 Å². The molecule has 3 aliphatic heterocycles. The second-order valence-corrected chi connectivity index (χ2v) is 12.2. The zero-order valence-corrected chi connectivity index (χ0v) is 23.0. The Labute approximate surface area is 247 Å². The molecule has 44 heavy (non-hydrogen) atoms. The van der Waals surface area contributed by atoms with Gasteiger partial charge in [-0.05, 0) is 72.8 Å². The smallest absolute Gasteiger partial charge is 0.316 e. The third kappa shape index (κ3) is 1.80. The number of imidazole rings is 2. The van der Waals surface area contributed by atoms with Gasteiger partial charge in [0.05, 0.1) is 21.5 Å². The minimum absolute atomic E-state index is 0.718. The summed E-state index contributed by atoms with van der Waals surface area (Å²) in [6, 6.07) is 34.8. The SMILES string of the molecule is c1cnc2c(c1)c1ccc3c4c1c1n2c2ccccc2[n+]1C41c2c(ccc4c5cccnc5n5c6ccccc6[n+]1c5c24)O3. The van der Waals surface area contributed by atoms with Gasteiger partial charge in [0.15, 0.2) is 22.1 Å². The molecule has 4 aromatic carbocycles. The lowest BCUT2D eigenvalue weighted by atomic mass is 9.85. The van der Waals surface area contributed by atoms with Crippen molar-refractivity contribution in [3.05, 3.63) is 121 Å². The Morgan fingerprint density at radius 2 is 1.02 bits per heavy atom. The third-order valence-electron chi connectivity index (χ3n) is 10.5. The topological polar surface area (TPSA) is 51.6 Å². The summed E-state index contributed by atoms with van der Waals surface area (Å²) in [4.78, 5) is 9.98. The van der Waals surface area contributed by atoms with E-state index in [0.717, 1.165) is 66.9 Å². The van der Waals surface area contributed by atoms with Crippen molar-refractivity contribution in [1.82, 2.24) is 18.8 Å². The fraction of sp³-hybridized carbons (Fsp3) is 0.0270. The Balaban J connectivity index is 1.45. The van der Waals surface area contributed by atoms with Gasteiger partial charge in [0.25, 0.3) is 0 Å². The maximum absolute atomic E-state index is 6.92.